The summed E-state index contributed by atoms with van der Waals surface area (Å²) in [5.41, 5.74) is 2.47. The first-order valence-corrected chi connectivity index (χ1v) is 9.32. The Hall–Kier alpha value is -2.19. The van der Waals surface area contributed by atoms with Crippen LogP contribution in [0, 0.1) is 0 Å². The molecule has 0 spiro atoms. The van der Waals surface area contributed by atoms with E-state index in [0.29, 0.717) is 18.7 Å². The van der Waals surface area contributed by atoms with E-state index in [9.17, 15) is 9.59 Å². The lowest BCUT2D eigenvalue weighted by atomic mass is 10.1. The van der Waals surface area contributed by atoms with E-state index in [1.807, 2.05) is 24.3 Å². The van der Waals surface area contributed by atoms with Crippen molar-refractivity contribution in [2.75, 3.05) is 6.54 Å². The van der Waals surface area contributed by atoms with Gasteiger partial charge in [-0.15, -0.1) is 0 Å². The zero-order chi connectivity index (χ0) is 18.8. The van der Waals surface area contributed by atoms with Gasteiger partial charge in [0.05, 0.1) is 6.20 Å². The standard InChI is InChI=1S/C18H22BrN3O4/c19-14-9-7-13(8-10-14)15-12-21-18(26-15)17(24)20-11-5-3-1-2-4-6-16(23)22-25/h7-10,12,25H,1-6,11H2,(H,20,24)(H,22,23). The lowest BCUT2D eigenvalue weighted by molar-refractivity contribution is -0.129. The fraction of sp³-hybridized carbons (Fsp3) is 0.389. The van der Waals surface area contributed by atoms with Gasteiger partial charge in [0.1, 0.15) is 0 Å². The van der Waals surface area contributed by atoms with Gasteiger partial charge in [-0.05, 0) is 25.0 Å². The number of amides is 2. The number of nitrogens with zero attached hydrogens (tertiary/aromatic N) is 1. The highest BCUT2D eigenvalue weighted by atomic mass is 79.9. The number of unbranched alkanes of at least 4 members (excludes halogenated alkanes) is 4. The van der Waals surface area contributed by atoms with Crippen LogP contribution in [0.3, 0.4) is 0 Å². The molecule has 0 aliphatic heterocycles. The molecule has 2 rings (SSSR count). The Bertz CT molecular complexity index is 715. The Kier molecular flexibility index (Phi) is 8.30. The van der Waals surface area contributed by atoms with Gasteiger partial charge in [0, 0.05) is 23.0 Å². The number of hydroxylamine groups is 1. The molecule has 26 heavy (non-hydrogen) atoms. The zero-order valence-corrected chi connectivity index (χ0v) is 15.9. The van der Waals surface area contributed by atoms with Crippen molar-refractivity contribution in [1.29, 1.82) is 0 Å². The van der Waals surface area contributed by atoms with Crippen molar-refractivity contribution in [2.45, 2.75) is 38.5 Å². The lowest BCUT2D eigenvalue weighted by Crippen LogP contribution is -2.24. The van der Waals surface area contributed by atoms with E-state index in [4.69, 9.17) is 9.62 Å². The molecule has 1 aromatic carbocycles. The highest BCUT2D eigenvalue weighted by molar-refractivity contribution is 9.10. The van der Waals surface area contributed by atoms with Crippen molar-refractivity contribution < 1.29 is 19.2 Å². The Balaban J connectivity index is 1.64. The number of benzene rings is 1. The molecule has 0 aliphatic rings. The van der Waals surface area contributed by atoms with Crippen LogP contribution >= 0.6 is 15.9 Å². The summed E-state index contributed by atoms with van der Waals surface area (Å²) in [6.07, 6.45) is 6.31. The average Bonchev–Trinajstić information content (AvgIpc) is 3.14. The van der Waals surface area contributed by atoms with E-state index in [0.717, 1.165) is 42.1 Å². The molecule has 0 atom stereocenters. The fourth-order valence-corrected chi connectivity index (χ4v) is 2.67. The highest BCUT2D eigenvalue weighted by Crippen LogP contribution is 2.22. The molecule has 0 unspecified atom stereocenters. The van der Waals surface area contributed by atoms with Crippen molar-refractivity contribution in [3.63, 3.8) is 0 Å². The number of halogens is 1. The number of rotatable bonds is 10. The molecule has 7 nitrogen and oxygen atoms in total. The number of oxazole rings is 1. The molecule has 0 aliphatic carbocycles. The average molecular weight is 424 g/mol. The van der Waals surface area contributed by atoms with Crippen LogP contribution in [0.25, 0.3) is 11.3 Å². The summed E-state index contributed by atoms with van der Waals surface area (Å²) in [6.45, 7) is 0.548. The van der Waals surface area contributed by atoms with Gasteiger partial charge in [0.25, 0.3) is 5.89 Å². The Morgan fingerprint density at radius 3 is 2.50 bits per heavy atom. The fourth-order valence-electron chi connectivity index (χ4n) is 2.40. The van der Waals surface area contributed by atoms with Gasteiger partial charge in [-0.25, -0.2) is 10.5 Å². The van der Waals surface area contributed by atoms with Crippen molar-refractivity contribution >= 4 is 27.7 Å². The normalized spacial score (nSPS) is 10.5. The van der Waals surface area contributed by atoms with E-state index in [2.05, 4.69) is 26.2 Å². The summed E-state index contributed by atoms with van der Waals surface area (Å²) >= 11 is 3.37. The summed E-state index contributed by atoms with van der Waals surface area (Å²) in [6, 6.07) is 7.56. The summed E-state index contributed by atoms with van der Waals surface area (Å²) in [5.74, 6) is -0.0776. The summed E-state index contributed by atoms with van der Waals surface area (Å²) in [4.78, 5) is 26.9. The maximum absolute atomic E-state index is 12.0. The van der Waals surface area contributed by atoms with Crippen molar-refractivity contribution in [1.82, 2.24) is 15.8 Å². The minimum absolute atomic E-state index is 0.0536. The minimum atomic E-state index is -0.356. The predicted molar refractivity (Wildman–Crippen MR) is 99.6 cm³/mol. The first-order chi connectivity index (χ1) is 12.6. The number of aromatic nitrogens is 1. The first-order valence-electron chi connectivity index (χ1n) is 8.53. The minimum Gasteiger partial charge on any atom is -0.432 e. The van der Waals surface area contributed by atoms with Crippen LogP contribution in [-0.2, 0) is 4.79 Å². The molecular formula is C18H22BrN3O4. The van der Waals surface area contributed by atoms with Gasteiger partial charge in [-0.2, -0.15) is 0 Å². The topological polar surface area (TPSA) is 104 Å². The molecule has 1 heterocycles. The SMILES string of the molecule is O=C(CCCCCCCNC(=O)c1ncc(-c2ccc(Br)cc2)o1)NO. The zero-order valence-electron chi connectivity index (χ0n) is 14.3. The first kappa shape index (κ1) is 20.1. The number of nitrogens with one attached hydrogen (secondary N) is 2. The number of carbonyl (C=O) groups excluding carboxylic acids is 2. The number of carbonyl (C=O) groups is 2. The quantitative estimate of drug-likeness (QED) is 0.307. The molecule has 8 heteroatoms. The Labute approximate surface area is 160 Å². The molecule has 0 saturated heterocycles. The van der Waals surface area contributed by atoms with Crippen LogP contribution in [0.4, 0.5) is 0 Å². The lowest BCUT2D eigenvalue weighted by Gasteiger charge is -2.03. The molecule has 2 amide bonds. The van der Waals surface area contributed by atoms with E-state index in [-0.39, 0.29) is 17.7 Å². The number of hydrogen-bond donors (Lipinski definition) is 3. The molecule has 2 aromatic rings. The van der Waals surface area contributed by atoms with Crippen molar-refractivity contribution in [2.24, 2.45) is 0 Å². The Morgan fingerprint density at radius 1 is 1.08 bits per heavy atom. The smallest absolute Gasteiger partial charge is 0.307 e. The highest BCUT2D eigenvalue weighted by Gasteiger charge is 2.13. The van der Waals surface area contributed by atoms with Crippen LogP contribution in [-0.4, -0.2) is 28.6 Å². The van der Waals surface area contributed by atoms with Crippen LogP contribution in [0.5, 0.6) is 0 Å². The number of hydrogen-bond acceptors (Lipinski definition) is 5. The van der Waals surface area contributed by atoms with Crippen LogP contribution < -0.4 is 10.8 Å². The van der Waals surface area contributed by atoms with Crippen LogP contribution in [0.15, 0.2) is 39.4 Å². The van der Waals surface area contributed by atoms with Gasteiger partial charge >= 0.3 is 5.91 Å². The van der Waals surface area contributed by atoms with Gasteiger partial charge in [0.15, 0.2) is 5.76 Å². The van der Waals surface area contributed by atoms with Crippen LogP contribution in [0.2, 0.25) is 0 Å². The predicted octanol–water partition coefficient (Wildman–Crippen LogP) is 3.68. The van der Waals surface area contributed by atoms with E-state index >= 15 is 0 Å². The molecule has 0 radical (unpaired) electrons. The third-order valence-corrected chi connectivity index (χ3v) is 4.35. The second-order valence-electron chi connectivity index (χ2n) is 5.85. The monoisotopic (exact) mass is 423 g/mol. The largest absolute Gasteiger partial charge is 0.432 e. The molecule has 0 fully saturated rings. The maximum atomic E-state index is 12.0. The molecule has 3 N–H and O–H groups in total. The van der Waals surface area contributed by atoms with Gasteiger partial charge in [-0.3, -0.25) is 14.8 Å². The molecule has 0 saturated carbocycles. The molecule has 0 bridgehead atoms. The summed E-state index contributed by atoms with van der Waals surface area (Å²) in [7, 11) is 0. The third kappa shape index (κ3) is 6.61. The third-order valence-electron chi connectivity index (χ3n) is 3.82. The van der Waals surface area contributed by atoms with Gasteiger partial charge < -0.3 is 9.73 Å². The van der Waals surface area contributed by atoms with Crippen LogP contribution in [0.1, 0.15) is 49.2 Å². The summed E-state index contributed by atoms with van der Waals surface area (Å²) < 4.78 is 6.49. The molecule has 140 valence electrons. The van der Waals surface area contributed by atoms with Gasteiger partial charge in [0.2, 0.25) is 5.91 Å². The van der Waals surface area contributed by atoms with E-state index in [1.165, 1.54) is 0 Å². The maximum Gasteiger partial charge on any atom is 0.307 e. The Morgan fingerprint density at radius 2 is 1.77 bits per heavy atom. The van der Waals surface area contributed by atoms with Gasteiger partial charge in [-0.1, -0.05) is 47.3 Å². The van der Waals surface area contributed by atoms with Crippen molar-refractivity contribution in [3.8, 4) is 11.3 Å². The van der Waals surface area contributed by atoms with Crippen molar-refractivity contribution in [3.05, 3.63) is 40.8 Å². The van der Waals surface area contributed by atoms with E-state index < -0.39 is 0 Å². The molecule has 1 aromatic heterocycles. The van der Waals surface area contributed by atoms with E-state index in [1.54, 1.807) is 11.7 Å². The second-order valence-corrected chi connectivity index (χ2v) is 6.76. The molecular weight excluding hydrogens is 402 g/mol. The summed E-state index contributed by atoms with van der Waals surface area (Å²) in [5, 5.41) is 11.2. The second kappa shape index (κ2) is 10.7.